The molecule has 2 rings (SSSR count). The first-order valence-electron chi connectivity index (χ1n) is 6.80. The Bertz CT molecular complexity index is 721. The van der Waals surface area contributed by atoms with Gasteiger partial charge in [0.2, 0.25) is 16.9 Å². The maximum Gasteiger partial charge on any atom is 0.234 e. The zero-order valence-corrected chi connectivity index (χ0v) is 14.9. The predicted molar refractivity (Wildman–Crippen MR) is 94.4 cm³/mol. The molecule has 0 bridgehead atoms. The summed E-state index contributed by atoms with van der Waals surface area (Å²) in [4.78, 5) is 23.3. The number of hydrogen-bond donors (Lipinski definition) is 2. The number of nitrogens with one attached hydrogen (secondary N) is 2. The van der Waals surface area contributed by atoms with Crippen molar-refractivity contribution in [2.75, 3.05) is 16.4 Å². The SMILES string of the molecule is CCC(=O)Nc1nnc(SCC(=O)Nc2cc(Cl)ccc2C)s1. The maximum absolute atomic E-state index is 12.0. The largest absolute Gasteiger partial charge is 0.325 e. The summed E-state index contributed by atoms with van der Waals surface area (Å²) in [6.07, 6.45) is 0.378. The summed E-state index contributed by atoms with van der Waals surface area (Å²) in [6.45, 7) is 3.65. The van der Waals surface area contributed by atoms with Crippen LogP contribution in [0.2, 0.25) is 5.02 Å². The molecule has 0 aliphatic rings. The normalized spacial score (nSPS) is 10.4. The number of halogens is 1. The lowest BCUT2D eigenvalue weighted by molar-refractivity contribution is -0.116. The van der Waals surface area contributed by atoms with E-state index < -0.39 is 0 Å². The van der Waals surface area contributed by atoms with Crippen molar-refractivity contribution in [1.82, 2.24) is 10.2 Å². The van der Waals surface area contributed by atoms with Crippen molar-refractivity contribution in [3.05, 3.63) is 28.8 Å². The molecule has 0 spiro atoms. The molecule has 0 radical (unpaired) electrons. The van der Waals surface area contributed by atoms with Crippen LogP contribution >= 0.6 is 34.7 Å². The fraction of sp³-hybridized carbons (Fsp3) is 0.286. The molecule has 122 valence electrons. The molecule has 0 unspecified atom stereocenters. The molecule has 6 nitrogen and oxygen atoms in total. The van der Waals surface area contributed by atoms with Crippen molar-refractivity contribution in [3.8, 4) is 0 Å². The van der Waals surface area contributed by atoms with Gasteiger partial charge in [0.25, 0.3) is 0 Å². The highest BCUT2D eigenvalue weighted by atomic mass is 35.5. The lowest BCUT2D eigenvalue weighted by Gasteiger charge is -2.07. The van der Waals surface area contributed by atoms with Crippen LogP contribution in [0.15, 0.2) is 22.5 Å². The smallest absolute Gasteiger partial charge is 0.234 e. The van der Waals surface area contributed by atoms with Gasteiger partial charge in [-0.05, 0) is 24.6 Å². The number of rotatable bonds is 6. The van der Waals surface area contributed by atoms with Gasteiger partial charge in [-0.2, -0.15) is 0 Å². The Morgan fingerprint density at radius 3 is 2.78 bits per heavy atom. The van der Waals surface area contributed by atoms with Gasteiger partial charge < -0.3 is 10.6 Å². The van der Waals surface area contributed by atoms with Crippen LogP contribution in [-0.2, 0) is 9.59 Å². The monoisotopic (exact) mass is 370 g/mol. The number of carbonyl (C=O) groups is 2. The van der Waals surface area contributed by atoms with Gasteiger partial charge in [-0.25, -0.2) is 0 Å². The van der Waals surface area contributed by atoms with E-state index in [2.05, 4.69) is 20.8 Å². The highest BCUT2D eigenvalue weighted by molar-refractivity contribution is 8.01. The minimum atomic E-state index is -0.158. The molecule has 2 N–H and O–H groups in total. The number of thioether (sulfide) groups is 1. The van der Waals surface area contributed by atoms with Crippen molar-refractivity contribution >= 4 is 57.3 Å². The highest BCUT2D eigenvalue weighted by Gasteiger charge is 2.10. The van der Waals surface area contributed by atoms with E-state index in [9.17, 15) is 9.59 Å². The average molecular weight is 371 g/mol. The Balaban J connectivity index is 1.87. The first-order chi connectivity index (χ1) is 11.0. The third-order valence-electron chi connectivity index (χ3n) is 2.77. The molecule has 0 aliphatic heterocycles. The zero-order valence-electron chi connectivity index (χ0n) is 12.6. The second-order valence-electron chi connectivity index (χ2n) is 4.57. The predicted octanol–water partition coefficient (Wildman–Crippen LogP) is 3.58. The Hall–Kier alpha value is -1.64. The summed E-state index contributed by atoms with van der Waals surface area (Å²) >= 11 is 8.42. The van der Waals surface area contributed by atoms with Crippen LogP contribution in [0, 0.1) is 6.92 Å². The molecule has 1 aromatic carbocycles. The summed E-state index contributed by atoms with van der Waals surface area (Å²) in [5, 5.41) is 14.2. The lowest BCUT2D eigenvalue weighted by Crippen LogP contribution is -2.14. The van der Waals surface area contributed by atoms with E-state index in [-0.39, 0.29) is 17.6 Å². The van der Waals surface area contributed by atoms with Gasteiger partial charge in [-0.3, -0.25) is 9.59 Å². The number of carbonyl (C=O) groups excluding carboxylic acids is 2. The number of hydrogen-bond acceptors (Lipinski definition) is 6. The lowest BCUT2D eigenvalue weighted by atomic mass is 10.2. The summed E-state index contributed by atoms with van der Waals surface area (Å²) in [5.41, 5.74) is 1.63. The highest BCUT2D eigenvalue weighted by Crippen LogP contribution is 2.26. The van der Waals surface area contributed by atoms with Crippen molar-refractivity contribution in [2.45, 2.75) is 24.6 Å². The van der Waals surface area contributed by atoms with E-state index in [4.69, 9.17) is 11.6 Å². The zero-order chi connectivity index (χ0) is 16.8. The molecule has 2 amide bonds. The van der Waals surface area contributed by atoms with Crippen LogP contribution < -0.4 is 10.6 Å². The fourth-order valence-electron chi connectivity index (χ4n) is 1.57. The molecule has 0 saturated heterocycles. The minimum Gasteiger partial charge on any atom is -0.325 e. The average Bonchev–Trinajstić information content (AvgIpc) is 2.96. The molecular formula is C14H15ClN4O2S2. The van der Waals surface area contributed by atoms with Gasteiger partial charge in [0.1, 0.15) is 0 Å². The van der Waals surface area contributed by atoms with E-state index in [1.807, 2.05) is 13.0 Å². The first-order valence-corrected chi connectivity index (χ1v) is 8.98. The minimum absolute atomic E-state index is 0.119. The molecule has 0 atom stereocenters. The second kappa shape index (κ2) is 8.28. The quantitative estimate of drug-likeness (QED) is 0.599. The van der Waals surface area contributed by atoms with Gasteiger partial charge in [-0.1, -0.05) is 47.7 Å². The summed E-state index contributed by atoms with van der Waals surface area (Å²) in [5.74, 6) is -0.0796. The second-order valence-corrected chi connectivity index (χ2v) is 7.21. The molecule has 9 heteroatoms. The number of aryl methyl sites for hydroxylation is 1. The first kappa shape index (κ1) is 17.7. The van der Waals surface area contributed by atoms with Crippen molar-refractivity contribution in [1.29, 1.82) is 0 Å². The third-order valence-corrected chi connectivity index (χ3v) is 4.98. The fourth-order valence-corrected chi connectivity index (χ4v) is 3.31. The van der Waals surface area contributed by atoms with E-state index in [1.165, 1.54) is 23.1 Å². The third kappa shape index (κ3) is 5.49. The topological polar surface area (TPSA) is 84.0 Å². The standard InChI is InChI=1S/C14H15ClN4O2S2/c1-3-11(20)17-13-18-19-14(23-13)22-7-12(21)16-10-6-9(15)5-4-8(10)2/h4-6H,3,7H2,1-2H3,(H,16,21)(H,17,18,20). The van der Waals surface area contributed by atoms with E-state index >= 15 is 0 Å². The molecule has 1 aromatic heterocycles. The van der Waals surface area contributed by atoms with Gasteiger partial charge >= 0.3 is 0 Å². The number of aromatic nitrogens is 2. The summed E-state index contributed by atoms with van der Waals surface area (Å²) < 4.78 is 0.620. The summed E-state index contributed by atoms with van der Waals surface area (Å²) in [6, 6.07) is 5.33. The van der Waals surface area contributed by atoms with Gasteiger partial charge in [-0.15, -0.1) is 10.2 Å². The number of benzene rings is 1. The van der Waals surface area contributed by atoms with Gasteiger partial charge in [0.15, 0.2) is 4.34 Å². The molecule has 0 saturated carbocycles. The number of nitrogens with zero attached hydrogens (tertiary/aromatic N) is 2. The molecule has 1 heterocycles. The van der Waals surface area contributed by atoms with Crippen LogP contribution in [0.25, 0.3) is 0 Å². The van der Waals surface area contributed by atoms with E-state index in [0.29, 0.717) is 26.6 Å². The maximum atomic E-state index is 12.0. The number of anilines is 2. The molecular weight excluding hydrogens is 356 g/mol. The molecule has 2 aromatic rings. The van der Waals surface area contributed by atoms with Crippen LogP contribution in [0.5, 0.6) is 0 Å². The summed E-state index contributed by atoms with van der Waals surface area (Å²) in [7, 11) is 0. The van der Waals surface area contributed by atoms with Crippen molar-refractivity contribution < 1.29 is 9.59 Å². The van der Waals surface area contributed by atoms with Crippen molar-refractivity contribution in [3.63, 3.8) is 0 Å². The molecule has 0 fully saturated rings. The van der Waals surface area contributed by atoms with Crippen LogP contribution in [-0.4, -0.2) is 27.8 Å². The van der Waals surface area contributed by atoms with Crippen LogP contribution in [0.1, 0.15) is 18.9 Å². The number of amides is 2. The van der Waals surface area contributed by atoms with Crippen LogP contribution in [0.3, 0.4) is 0 Å². The molecule has 23 heavy (non-hydrogen) atoms. The Morgan fingerprint density at radius 1 is 1.26 bits per heavy atom. The van der Waals surface area contributed by atoms with Gasteiger partial charge in [0, 0.05) is 17.1 Å². The Morgan fingerprint density at radius 2 is 2.04 bits per heavy atom. The van der Waals surface area contributed by atoms with Gasteiger partial charge in [0.05, 0.1) is 5.75 Å². The van der Waals surface area contributed by atoms with E-state index in [0.717, 1.165) is 5.56 Å². The van der Waals surface area contributed by atoms with E-state index in [1.54, 1.807) is 19.1 Å². The van der Waals surface area contributed by atoms with Crippen LogP contribution in [0.4, 0.5) is 10.8 Å². The van der Waals surface area contributed by atoms with Crippen molar-refractivity contribution in [2.24, 2.45) is 0 Å². The Kier molecular flexibility index (Phi) is 6.37. The molecule has 0 aliphatic carbocycles. The Labute approximate surface area is 147 Å².